The molecular formula is C17H21NO6. The van der Waals surface area contributed by atoms with E-state index in [1.165, 1.54) is 7.11 Å². The Kier molecular flexibility index (Phi) is 4.36. The molecule has 2 fully saturated rings. The quantitative estimate of drug-likeness (QED) is 0.852. The van der Waals surface area contributed by atoms with Crippen LogP contribution in [-0.4, -0.2) is 43.4 Å². The van der Waals surface area contributed by atoms with Gasteiger partial charge in [-0.3, -0.25) is 9.59 Å². The molecule has 2 heterocycles. The minimum Gasteiger partial charge on any atom is -0.493 e. The summed E-state index contributed by atoms with van der Waals surface area (Å²) in [5.41, 5.74) is 1.30. The Morgan fingerprint density at radius 3 is 2.42 bits per heavy atom. The van der Waals surface area contributed by atoms with Gasteiger partial charge in [0.05, 0.1) is 38.3 Å². The average Bonchev–Trinajstić information content (AvgIpc) is 3.17. The Morgan fingerprint density at radius 1 is 1.17 bits per heavy atom. The van der Waals surface area contributed by atoms with Gasteiger partial charge in [-0.2, -0.15) is 0 Å². The van der Waals surface area contributed by atoms with Gasteiger partial charge in [-0.1, -0.05) is 0 Å². The zero-order valence-corrected chi connectivity index (χ0v) is 13.9. The number of carbonyl (C=O) groups is 2. The second-order valence-corrected chi connectivity index (χ2v) is 6.14. The summed E-state index contributed by atoms with van der Waals surface area (Å²) in [5, 5.41) is 12.3. The van der Waals surface area contributed by atoms with Crippen LogP contribution in [0.4, 0.5) is 5.69 Å². The van der Waals surface area contributed by atoms with Crippen LogP contribution in [0.3, 0.4) is 0 Å². The third kappa shape index (κ3) is 2.58. The molecule has 3 rings (SSSR count). The summed E-state index contributed by atoms with van der Waals surface area (Å²) in [4.78, 5) is 24.2. The van der Waals surface area contributed by atoms with Crippen LogP contribution in [-0.2, 0) is 14.3 Å². The molecule has 2 saturated heterocycles. The van der Waals surface area contributed by atoms with Crippen molar-refractivity contribution in [2.75, 3.05) is 19.5 Å². The van der Waals surface area contributed by atoms with Gasteiger partial charge < -0.3 is 24.6 Å². The number of anilines is 1. The molecule has 7 nitrogen and oxygen atoms in total. The fraction of sp³-hybridized carbons (Fsp3) is 0.529. The lowest BCUT2D eigenvalue weighted by Gasteiger charge is -2.24. The summed E-state index contributed by atoms with van der Waals surface area (Å²) in [5.74, 6) is -1.66. The number of fused-ring (bicyclic) bond motifs is 2. The molecule has 1 amide bonds. The molecule has 7 heteroatoms. The van der Waals surface area contributed by atoms with Crippen LogP contribution in [0.2, 0.25) is 0 Å². The highest BCUT2D eigenvalue weighted by molar-refractivity contribution is 5.97. The number of benzene rings is 1. The molecule has 2 bridgehead atoms. The number of carboxylic acid groups (broad SMARTS) is 1. The zero-order valence-electron chi connectivity index (χ0n) is 13.9. The molecule has 0 radical (unpaired) electrons. The number of hydrogen-bond acceptors (Lipinski definition) is 5. The SMILES string of the molecule is COc1ccc(NC(=O)C2C3CCC(O3)C2C(=O)O)c(C)c1OC. The average molecular weight is 335 g/mol. The van der Waals surface area contributed by atoms with Gasteiger partial charge in [-0.25, -0.2) is 0 Å². The van der Waals surface area contributed by atoms with E-state index in [0.29, 0.717) is 23.6 Å². The first-order valence-electron chi connectivity index (χ1n) is 7.88. The Labute approximate surface area is 139 Å². The van der Waals surface area contributed by atoms with E-state index in [4.69, 9.17) is 14.2 Å². The van der Waals surface area contributed by atoms with Crippen molar-refractivity contribution in [2.24, 2.45) is 11.8 Å². The first kappa shape index (κ1) is 16.6. The second kappa shape index (κ2) is 6.32. The Balaban J connectivity index is 1.84. The lowest BCUT2D eigenvalue weighted by molar-refractivity contribution is -0.147. The molecule has 130 valence electrons. The summed E-state index contributed by atoms with van der Waals surface area (Å²) >= 11 is 0. The number of nitrogens with one attached hydrogen (secondary N) is 1. The van der Waals surface area contributed by atoms with Crippen LogP contribution >= 0.6 is 0 Å². The van der Waals surface area contributed by atoms with Crippen LogP contribution in [0.15, 0.2) is 12.1 Å². The highest BCUT2D eigenvalue weighted by Crippen LogP contribution is 2.44. The summed E-state index contributed by atoms with van der Waals surface area (Å²) in [6.07, 6.45) is 0.726. The van der Waals surface area contributed by atoms with Crippen molar-refractivity contribution in [1.82, 2.24) is 0 Å². The molecule has 4 atom stereocenters. The minimum atomic E-state index is -0.980. The molecule has 2 aliphatic rings. The van der Waals surface area contributed by atoms with Gasteiger partial charge in [0.1, 0.15) is 0 Å². The number of carbonyl (C=O) groups excluding carboxylic acids is 1. The summed E-state index contributed by atoms with van der Waals surface area (Å²) in [6.45, 7) is 1.81. The van der Waals surface area contributed by atoms with Crippen molar-refractivity contribution in [2.45, 2.75) is 32.0 Å². The Hall–Kier alpha value is -2.28. The molecule has 0 aromatic heterocycles. The maximum absolute atomic E-state index is 12.7. The van der Waals surface area contributed by atoms with Crippen molar-refractivity contribution < 1.29 is 28.9 Å². The summed E-state index contributed by atoms with van der Waals surface area (Å²) in [7, 11) is 3.07. The molecule has 24 heavy (non-hydrogen) atoms. The standard InChI is InChI=1S/C17H21NO6/c1-8-9(4-5-12(22-2)15(8)23-3)18-16(19)13-10-6-7-11(24-10)14(13)17(20)21/h4-5,10-11,13-14H,6-7H2,1-3H3,(H,18,19)(H,20,21). The number of methoxy groups -OCH3 is 2. The molecule has 1 aromatic rings. The largest absolute Gasteiger partial charge is 0.493 e. The van der Waals surface area contributed by atoms with Crippen molar-refractivity contribution in [3.8, 4) is 11.5 Å². The normalized spacial score (nSPS) is 27.8. The first-order valence-corrected chi connectivity index (χ1v) is 7.88. The molecule has 2 N–H and O–H groups in total. The second-order valence-electron chi connectivity index (χ2n) is 6.14. The first-order chi connectivity index (χ1) is 11.5. The van der Waals surface area contributed by atoms with E-state index in [1.807, 2.05) is 6.92 Å². The fourth-order valence-corrected chi connectivity index (χ4v) is 3.76. The number of carboxylic acids is 1. The monoisotopic (exact) mass is 335 g/mol. The predicted octanol–water partition coefficient (Wildman–Crippen LogP) is 1.83. The number of rotatable bonds is 5. The smallest absolute Gasteiger partial charge is 0.310 e. The molecule has 0 spiro atoms. The number of ether oxygens (including phenoxy) is 3. The highest BCUT2D eigenvalue weighted by atomic mass is 16.5. The number of hydrogen-bond donors (Lipinski definition) is 2. The summed E-state index contributed by atoms with van der Waals surface area (Å²) in [6, 6.07) is 3.42. The van der Waals surface area contributed by atoms with Gasteiger partial charge in [0.15, 0.2) is 11.5 Å². The van der Waals surface area contributed by atoms with Gasteiger partial charge in [0, 0.05) is 11.3 Å². The molecule has 1 aromatic carbocycles. The van der Waals surface area contributed by atoms with Crippen molar-refractivity contribution >= 4 is 17.6 Å². The zero-order chi connectivity index (χ0) is 17.4. The lowest BCUT2D eigenvalue weighted by atomic mass is 9.78. The van der Waals surface area contributed by atoms with Crippen molar-refractivity contribution in [1.29, 1.82) is 0 Å². The molecule has 0 saturated carbocycles. The van der Waals surface area contributed by atoms with Gasteiger partial charge in [-0.05, 0) is 31.9 Å². The van der Waals surface area contributed by atoms with E-state index in [2.05, 4.69) is 5.32 Å². The Morgan fingerprint density at radius 2 is 1.83 bits per heavy atom. The van der Waals surface area contributed by atoms with Gasteiger partial charge in [-0.15, -0.1) is 0 Å². The van der Waals surface area contributed by atoms with E-state index in [-0.39, 0.29) is 18.1 Å². The van der Waals surface area contributed by atoms with Crippen LogP contribution in [0.1, 0.15) is 18.4 Å². The van der Waals surface area contributed by atoms with Gasteiger partial charge >= 0.3 is 5.97 Å². The molecular weight excluding hydrogens is 314 g/mol. The third-order valence-electron chi connectivity index (χ3n) is 4.91. The fourth-order valence-electron chi connectivity index (χ4n) is 3.76. The van der Waals surface area contributed by atoms with E-state index >= 15 is 0 Å². The van der Waals surface area contributed by atoms with Crippen LogP contribution < -0.4 is 14.8 Å². The van der Waals surface area contributed by atoms with Crippen molar-refractivity contribution in [3.63, 3.8) is 0 Å². The summed E-state index contributed by atoms with van der Waals surface area (Å²) < 4.78 is 16.2. The highest BCUT2D eigenvalue weighted by Gasteiger charge is 2.55. The van der Waals surface area contributed by atoms with Crippen LogP contribution in [0.25, 0.3) is 0 Å². The third-order valence-corrected chi connectivity index (χ3v) is 4.91. The lowest BCUT2D eigenvalue weighted by Crippen LogP contribution is -2.41. The Bertz CT molecular complexity index is 673. The topological polar surface area (TPSA) is 94.1 Å². The van der Waals surface area contributed by atoms with E-state index in [1.54, 1.807) is 19.2 Å². The maximum Gasteiger partial charge on any atom is 0.310 e. The maximum atomic E-state index is 12.7. The van der Waals surface area contributed by atoms with Gasteiger partial charge in [0.25, 0.3) is 0 Å². The predicted molar refractivity (Wildman–Crippen MR) is 85.4 cm³/mol. The van der Waals surface area contributed by atoms with E-state index < -0.39 is 17.8 Å². The van der Waals surface area contributed by atoms with Gasteiger partial charge in [0.2, 0.25) is 5.91 Å². The number of amides is 1. The van der Waals surface area contributed by atoms with E-state index in [0.717, 1.165) is 12.0 Å². The number of aliphatic carboxylic acids is 1. The molecule has 0 aliphatic carbocycles. The minimum absolute atomic E-state index is 0.323. The van der Waals surface area contributed by atoms with Crippen molar-refractivity contribution in [3.05, 3.63) is 17.7 Å². The van der Waals surface area contributed by atoms with Crippen LogP contribution in [0, 0.1) is 18.8 Å². The molecule has 4 unspecified atom stereocenters. The van der Waals surface area contributed by atoms with E-state index in [9.17, 15) is 14.7 Å². The molecule has 2 aliphatic heterocycles. The van der Waals surface area contributed by atoms with Crippen LogP contribution in [0.5, 0.6) is 11.5 Å².